The SMILES string of the molecule is CC(O)c1cc(C(C)(C)O)nc(C2(c3ccc(C(=O)Nc4cc(-c5ccc(F)cc5)ccc4N)cc3)CCOCC2)c1. The van der Waals surface area contributed by atoms with E-state index < -0.39 is 17.1 Å². The average Bonchev–Trinajstić information content (AvgIpc) is 2.98. The van der Waals surface area contributed by atoms with Gasteiger partial charge < -0.3 is 26.0 Å². The summed E-state index contributed by atoms with van der Waals surface area (Å²) in [6, 6.07) is 22.5. The predicted molar refractivity (Wildman–Crippen MR) is 162 cm³/mol. The number of halogens is 1. The molecule has 3 aromatic carbocycles. The van der Waals surface area contributed by atoms with E-state index in [1.54, 1.807) is 63.2 Å². The molecule has 4 aromatic rings. The van der Waals surface area contributed by atoms with Gasteiger partial charge in [0.05, 0.1) is 28.9 Å². The van der Waals surface area contributed by atoms with Gasteiger partial charge in [-0.2, -0.15) is 0 Å². The highest BCUT2D eigenvalue weighted by atomic mass is 19.1. The van der Waals surface area contributed by atoms with Crippen molar-refractivity contribution in [2.45, 2.75) is 50.7 Å². The third-order valence-corrected chi connectivity index (χ3v) is 7.97. The Morgan fingerprint density at radius 2 is 1.64 bits per heavy atom. The quantitative estimate of drug-likeness (QED) is 0.200. The first-order valence-electron chi connectivity index (χ1n) is 14.0. The third kappa shape index (κ3) is 6.06. The first-order chi connectivity index (χ1) is 20.0. The highest BCUT2D eigenvalue weighted by Crippen LogP contribution is 2.42. The first-order valence-corrected chi connectivity index (χ1v) is 14.0. The number of nitrogens with one attached hydrogen (secondary N) is 1. The van der Waals surface area contributed by atoms with Crippen LogP contribution in [0.25, 0.3) is 11.1 Å². The summed E-state index contributed by atoms with van der Waals surface area (Å²) in [5.74, 6) is -0.637. The maximum Gasteiger partial charge on any atom is 0.255 e. The summed E-state index contributed by atoms with van der Waals surface area (Å²) in [6.45, 7) is 6.11. The number of pyridine rings is 1. The minimum absolute atomic E-state index is 0.316. The van der Waals surface area contributed by atoms with Crippen LogP contribution in [0.15, 0.2) is 78.9 Å². The molecule has 2 heterocycles. The van der Waals surface area contributed by atoms with E-state index in [0.717, 1.165) is 22.4 Å². The Morgan fingerprint density at radius 1 is 1.00 bits per heavy atom. The van der Waals surface area contributed by atoms with E-state index in [4.69, 9.17) is 15.5 Å². The van der Waals surface area contributed by atoms with Crippen LogP contribution in [-0.2, 0) is 15.8 Å². The van der Waals surface area contributed by atoms with E-state index in [1.807, 2.05) is 24.3 Å². The van der Waals surface area contributed by atoms with Crippen molar-refractivity contribution < 1.29 is 24.1 Å². The molecule has 1 aliphatic rings. The lowest BCUT2D eigenvalue weighted by atomic mass is 9.70. The van der Waals surface area contributed by atoms with Crippen LogP contribution in [0.1, 0.15) is 72.6 Å². The molecule has 0 saturated carbocycles. The Labute approximate surface area is 245 Å². The zero-order valence-corrected chi connectivity index (χ0v) is 24.0. The zero-order valence-electron chi connectivity index (χ0n) is 24.0. The number of nitrogens with two attached hydrogens (primary N) is 1. The smallest absolute Gasteiger partial charge is 0.255 e. The van der Waals surface area contributed by atoms with E-state index in [1.165, 1.54) is 12.1 Å². The average molecular weight is 570 g/mol. The van der Waals surface area contributed by atoms with E-state index in [-0.39, 0.29) is 11.7 Å². The van der Waals surface area contributed by atoms with Gasteiger partial charge >= 0.3 is 0 Å². The molecule has 1 aromatic heterocycles. The lowest BCUT2D eigenvalue weighted by Crippen LogP contribution is -2.37. The molecule has 218 valence electrons. The fraction of sp³-hybridized carbons (Fsp3) is 0.294. The van der Waals surface area contributed by atoms with Gasteiger partial charge in [0, 0.05) is 24.2 Å². The molecule has 1 saturated heterocycles. The maximum absolute atomic E-state index is 13.4. The molecule has 8 heteroatoms. The fourth-order valence-electron chi connectivity index (χ4n) is 5.39. The van der Waals surface area contributed by atoms with Gasteiger partial charge in [0.15, 0.2) is 0 Å². The van der Waals surface area contributed by atoms with E-state index in [2.05, 4.69) is 5.32 Å². The summed E-state index contributed by atoms with van der Waals surface area (Å²) < 4.78 is 19.1. The van der Waals surface area contributed by atoms with Crippen LogP contribution in [0.2, 0.25) is 0 Å². The number of hydrogen-bond donors (Lipinski definition) is 4. The van der Waals surface area contributed by atoms with Crippen LogP contribution >= 0.6 is 0 Å². The lowest BCUT2D eigenvalue weighted by molar-refractivity contribution is 0.0591. The highest BCUT2D eigenvalue weighted by Gasteiger charge is 2.39. The van der Waals surface area contributed by atoms with Crippen LogP contribution in [0.4, 0.5) is 15.8 Å². The van der Waals surface area contributed by atoms with Crippen LogP contribution in [0, 0.1) is 5.82 Å². The maximum atomic E-state index is 13.4. The number of rotatable bonds is 7. The van der Waals surface area contributed by atoms with Crippen molar-refractivity contribution in [3.05, 3.63) is 113 Å². The normalized spacial score (nSPS) is 15.7. The molecule has 7 nitrogen and oxygen atoms in total. The molecule has 1 fully saturated rings. The van der Waals surface area contributed by atoms with Gasteiger partial charge in [0.1, 0.15) is 11.4 Å². The van der Waals surface area contributed by atoms with Gasteiger partial charge in [-0.1, -0.05) is 30.3 Å². The van der Waals surface area contributed by atoms with E-state index in [9.17, 15) is 19.4 Å². The monoisotopic (exact) mass is 569 g/mol. The number of nitrogen functional groups attached to an aromatic ring is 1. The molecule has 0 bridgehead atoms. The summed E-state index contributed by atoms with van der Waals surface area (Å²) in [5.41, 5.74) is 10.3. The second-order valence-electron chi connectivity index (χ2n) is 11.4. The van der Waals surface area contributed by atoms with Gasteiger partial charge in [-0.25, -0.2) is 4.39 Å². The number of aliphatic hydroxyl groups is 2. The lowest BCUT2D eigenvalue weighted by Gasteiger charge is -2.38. The Kier molecular flexibility index (Phi) is 8.14. The number of nitrogens with zero attached hydrogens (tertiary/aromatic N) is 1. The third-order valence-electron chi connectivity index (χ3n) is 7.97. The largest absolute Gasteiger partial charge is 0.397 e. The second kappa shape index (κ2) is 11.6. The summed E-state index contributed by atoms with van der Waals surface area (Å²) in [6.07, 6.45) is 0.587. The van der Waals surface area contributed by atoms with E-state index >= 15 is 0 Å². The Hall–Kier alpha value is -4.11. The predicted octanol–water partition coefficient (Wildman–Crippen LogP) is 6.10. The zero-order chi connectivity index (χ0) is 30.1. The van der Waals surface area contributed by atoms with Gasteiger partial charge in [0.25, 0.3) is 5.91 Å². The van der Waals surface area contributed by atoms with Crippen molar-refractivity contribution in [1.82, 2.24) is 4.98 Å². The molecule has 0 radical (unpaired) electrons. The van der Waals surface area contributed by atoms with Crippen LogP contribution in [0.3, 0.4) is 0 Å². The van der Waals surface area contributed by atoms with Crippen molar-refractivity contribution in [2.75, 3.05) is 24.3 Å². The molecule has 1 atom stereocenters. The van der Waals surface area contributed by atoms with Crippen molar-refractivity contribution in [1.29, 1.82) is 0 Å². The molecule has 42 heavy (non-hydrogen) atoms. The Bertz CT molecular complexity index is 1570. The standard InChI is InChI=1S/C34H36FN3O4/c1-21(39)25-19-30(33(2,3)41)38-31(20-25)34(14-16-42-17-15-34)26-9-4-23(5-10-26)32(40)37-29-18-24(8-13-28(29)36)22-6-11-27(35)12-7-22/h4-13,18-21,39,41H,14-17,36H2,1-3H3,(H,37,40). The van der Waals surface area contributed by atoms with Gasteiger partial charge in [-0.15, -0.1) is 0 Å². The molecule has 5 N–H and O–H groups in total. The van der Waals surface area contributed by atoms with Crippen LogP contribution in [-0.4, -0.2) is 34.3 Å². The summed E-state index contributed by atoms with van der Waals surface area (Å²) >= 11 is 0. The minimum Gasteiger partial charge on any atom is -0.397 e. The minimum atomic E-state index is -1.19. The van der Waals surface area contributed by atoms with Crippen molar-refractivity contribution in [3.63, 3.8) is 0 Å². The number of carbonyl (C=O) groups excluding carboxylic acids is 1. The fourth-order valence-corrected chi connectivity index (χ4v) is 5.39. The van der Waals surface area contributed by atoms with Gasteiger partial charge in [-0.3, -0.25) is 9.78 Å². The van der Waals surface area contributed by atoms with Crippen molar-refractivity contribution in [2.24, 2.45) is 0 Å². The number of aromatic nitrogens is 1. The Morgan fingerprint density at radius 3 is 2.26 bits per heavy atom. The molecule has 5 rings (SSSR count). The number of carbonyl (C=O) groups is 1. The van der Waals surface area contributed by atoms with Gasteiger partial charge in [0.2, 0.25) is 0 Å². The summed E-state index contributed by atoms with van der Waals surface area (Å²) in [7, 11) is 0. The molecule has 0 aliphatic carbocycles. The van der Waals surface area contributed by atoms with E-state index in [0.29, 0.717) is 54.3 Å². The van der Waals surface area contributed by atoms with Gasteiger partial charge in [-0.05, 0) is 104 Å². The summed E-state index contributed by atoms with van der Waals surface area (Å²) in [5, 5.41) is 24.1. The van der Waals surface area contributed by atoms with Crippen LogP contribution in [0.5, 0.6) is 0 Å². The number of aliphatic hydroxyl groups excluding tert-OH is 1. The second-order valence-corrected chi connectivity index (χ2v) is 11.4. The number of benzene rings is 3. The van der Waals surface area contributed by atoms with Crippen molar-refractivity contribution in [3.8, 4) is 11.1 Å². The van der Waals surface area contributed by atoms with Crippen molar-refractivity contribution >= 4 is 17.3 Å². The summed E-state index contributed by atoms with van der Waals surface area (Å²) in [4.78, 5) is 18.2. The first kappa shape index (κ1) is 29.4. The Balaban J connectivity index is 1.45. The topological polar surface area (TPSA) is 118 Å². The highest BCUT2D eigenvalue weighted by molar-refractivity contribution is 6.06. The molecule has 1 amide bonds. The molecular formula is C34H36FN3O4. The number of hydrogen-bond acceptors (Lipinski definition) is 6. The molecule has 1 unspecified atom stereocenters. The number of amides is 1. The number of ether oxygens (including phenoxy) is 1. The van der Waals surface area contributed by atoms with Crippen LogP contribution < -0.4 is 11.1 Å². The molecule has 0 spiro atoms. The molecule has 1 aliphatic heterocycles. The molecular weight excluding hydrogens is 533 g/mol. The number of anilines is 2.